The number of ketones is 1. The number of hydrogen-bond donors (Lipinski definition) is 0. The van der Waals surface area contributed by atoms with Gasteiger partial charge in [0.15, 0.2) is 5.78 Å². The van der Waals surface area contributed by atoms with Crippen LogP contribution in [0, 0.1) is 5.41 Å². The molecule has 2 aromatic carbocycles. The first-order valence-corrected chi connectivity index (χ1v) is 10.2. The van der Waals surface area contributed by atoms with E-state index in [9.17, 15) is 4.79 Å². The van der Waals surface area contributed by atoms with Crippen LogP contribution in [0.25, 0.3) is 0 Å². The topological polar surface area (TPSA) is 35.5 Å². The molecule has 0 fully saturated rings. The van der Waals surface area contributed by atoms with Crippen molar-refractivity contribution in [3.05, 3.63) is 64.4 Å². The van der Waals surface area contributed by atoms with E-state index in [1.165, 1.54) is 0 Å². The number of halogens is 1. The lowest BCUT2D eigenvalue weighted by Gasteiger charge is -2.38. The molecule has 27 heavy (non-hydrogen) atoms. The Morgan fingerprint density at radius 3 is 2.59 bits per heavy atom. The van der Waals surface area contributed by atoms with Crippen LogP contribution < -0.4 is 9.47 Å². The lowest BCUT2D eigenvalue weighted by molar-refractivity contribution is -0.118. The second-order valence-corrected chi connectivity index (χ2v) is 9.35. The van der Waals surface area contributed by atoms with E-state index in [1.807, 2.05) is 42.5 Å². The van der Waals surface area contributed by atoms with Gasteiger partial charge in [0, 0.05) is 28.3 Å². The highest BCUT2D eigenvalue weighted by Gasteiger charge is 2.42. The van der Waals surface area contributed by atoms with Crippen molar-refractivity contribution in [2.24, 2.45) is 5.41 Å². The van der Waals surface area contributed by atoms with E-state index in [1.54, 1.807) is 18.9 Å². The maximum atomic E-state index is 13.1. The van der Waals surface area contributed by atoms with Gasteiger partial charge in [-0.05, 0) is 47.9 Å². The summed E-state index contributed by atoms with van der Waals surface area (Å²) in [7, 11) is 1.64. The fourth-order valence-electron chi connectivity index (χ4n) is 3.67. The van der Waals surface area contributed by atoms with Crippen molar-refractivity contribution in [3.8, 4) is 11.5 Å². The molecule has 0 saturated carbocycles. The Morgan fingerprint density at radius 2 is 1.89 bits per heavy atom. The minimum Gasteiger partial charge on any atom is -0.497 e. The molecule has 1 unspecified atom stereocenters. The van der Waals surface area contributed by atoms with Gasteiger partial charge < -0.3 is 9.47 Å². The maximum Gasteiger partial charge on any atom is 0.164 e. The van der Waals surface area contributed by atoms with Gasteiger partial charge in [-0.3, -0.25) is 4.79 Å². The molecule has 2 aromatic rings. The first kappa shape index (κ1) is 18.5. The molecule has 0 aromatic heterocycles. The van der Waals surface area contributed by atoms with E-state index < -0.39 is 0 Å². The number of ether oxygens (including phenoxy) is 2. The Labute approximate surface area is 168 Å². The summed E-state index contributed by atoms with van der Waals surface area (Å²) in [4.78, 5) is 14.1. The molecule has 0 spiro atoms. The number of hydrogen-bond acceptors (Lipinski definition) is 4. The van der Waals surface area contributed by atoms with Crippen LogP contribution in [0.5, 0.6) is 11.5 Å². The predicted molar refractivity (Wildman–Crippen MR) is 109 cm³/mol. The lowest BCUT2D eigenvalue weighted by Crippen LogP contribution is -2.31. The first-order chi connectivity index (χ1) is 12.9. The molecular formula is C22H21ClO3S. The SMILES string of the molecule is COc1ccc2c(c1)C(Sc1ccc(Cl)cc1)C1=C(CC(C)(C)CC1=O)O2. The molecule has 0 N–H and O–H groups in total. The van der Waals surface area contributed by atoms with Gasteiger partial charge in [-0.1, -0.05) is 25.4 Å². The lowest BCUT2D eigenvalue weighted by atomic mass is 9.74. The van der Waals surface area contributed by atoms with Crippen LogP contribution in [0.3, 0.4) is 0 Å². The van der Waals surface area contributed by atoms with Crippen LogP contribution in [0.1, 0.15) is 37.5 Å². The van der Waals surface area contributed by atoms with E-state index in [0.717, 1.165) is 39.7 Å². The molecule has 3 nitrogen and oxygen atoms in total. The molecule has 1 atom stereocenters. The molecule has 1 heterocycles. The Hall–Kier alpha value is -1.91. The van der Waals surface area contributed by atoms with E-state index >= 15 is 0 Å². The highest BCUT2D eigenvalue weighted by atomic mass is 35.5. The molecule has 0 bridgehead atoms. The largest absolute Gasteiger partial charge is 0.497 e. The van der Waals surface area contributed by atoms with Crippen LogP contribution >= 0.6 is 23.4 Å². The van der Waals surface area contributed by atoms with E-state index in [-0.39, 0.29) is 16.4 Å². The molecular weight excluding hydrogens is 380 g/mol. The summed E-state index contributed by atoms with van der Waals surface area (Å²) in [6, 6.07) is 13.5. The third-order valence-corrected chi connectivity index (χ3v) is 6.46. The number of Topliss-reactive ketones (excluding diaryl/α,β-unsaturated/α-hetero) is 1. The van der Waals surface area contributed by atoms with Crippen molar-refractivity contribution in [3.63, 3.8) is 0 Å². The van der Waals surface area contributed by atoms with Crippen molar-refractivity contribution >= 4 is 29.1 Å². The summed E-state index contributed by atoms with van der Waals surface area (Å²) in [5, 5.41) is 0.576. The van der Waals surface area contributed by atoms with Crippen LogP contribution in [0.2, 0.25) is 5.02 Å². The molecule has 1 aliphatic heterocycles. The summed E-state index contributed by atoms with van der Waals surface area (Å²) in [5.74, 6) is 2.53. The van der Waals surface area contributed by atoms with Gasteiger partial charge in [0.05, 0.1) is 17.9 Å². The fraction of sp³-hybridized carbons (Fsp3) is 0.318. The Balaban J connectivity index is 1.81. The Morgan fingerprint density at radius 1 is 1.15 bits per heavy atom. The zero-order valence-corrected chi connectivity index (χ0v) is 17.1. The van der Waals surface area contributed by atoms with Crippen molar-refractivity contribution in [1.82, 2.24) is 0 Å². The number of allylic oxidation sites excluding steroid dienone is 1. The summed E-state index contributed by atoms with van der Waals surface area (Å²) < 4.78 is 11.6. The van der Waals surface area contributed by atoms with Crippen molar-refractivity contribution < 1.29 is 14.3 Å². The second kappa shape index (κ2) is 6.92. The number of benzene rings is 2. The average molecular weight is 401 g/mol. The summed E-state index contributed by atoms with van der Waals surface area (Å²) in [6.45, 7) is 4.23. The van der Waals surface area contributed by atoms with Crippen LogP contribution in [-0.2, 0) is 4.79 Å². The number of rotatable bonds is 3. The summed E-state index contributed by atoms with van der Waals surface area (Å²) in [5.41, 5.74) is 1.67. The van der Waals surface area contributed by atoms with E-state index in [4.69, 9.17) is 21.1 Å². The smallest absolute Gasteiger partial charge is 0.164 e. The van der Waals surface area contributed by atoms with Crippen LogP contribution in [0.15, 0.2) is 58.7 Å². The van der Waals surface area contributed by atoms with Gasteiger partial charge in [0.1, 0.15) is 17.3 Å². The zero-order valence-electron chi connectivity index (χ0n) is 15.5. The third-order valence-electron chi connectivity index (χ3n) is 4.94. The van der Waals surface area contributed by atoms with Gasteiger partial charge in [-0.25, -0.2) is 0 Å². The van der Waals surface area contributed by atoms with Crippen LogP contribution in [0.4, 0.5) is 0 Å². The van der Waals surface area contributed by atoms with Crippen molar-refractivity contribution in [2.75, 3.05) is 7.11 Å². The van der Waals surface area contributed by atoms with Crippen LogP contribution in [-0.4, -0.2) is 12.9 Å². The number of fused-ring (bicyclic) bond motifs is 1. The predicted octanol–water partition coefficient (Wildman–Crippen LogP) is 6.22. The maximum absolute atomic E-state index is 13.1. The molecule has 0 amide bonds. The second-order valence-electron chi connectivity index (χ2n) is 7.74. The molecule has 1 aliphatic carbocycles. The number of thioether (sulfide) groups is 1. The fourth-order valence-corrected chi connectivity index (χ4v) is 5.06. The van der Waals surface area contributed by atoms with Gasteiger partial charge in [0.25, 0.3) is 0 Å². The Bertz CT molecular complexity index is 931. The number of carbonyl (C=O) groups is 1. The van der Waals surface area contributed by atoms with Gasteiger partial charge in [-0.15, -0.1) is 11.8 Å². The normalized spacial score (nSPS) is 20.6. The minimum absolute atomic E-state index is 0.0879. The number of carbonyl (C=O) groups excluding carboxylic acids is 1. The number of methoxy groups -OCH3 is 1. The summed E-state index contributed by atoms with van der Waals surface area (Å²) in [6.07, 6.45) is 1.30. The third kappa shape index (κ3) is 3.61. The molecule has 5 heteroatoms. The van der Waals surface area contributed by atoms with Gasteiger partial charge >= 0.3 is 0 Å². The molecule has 4 rings (SSSR count). The molecule has 0 radical (unpaired) electrons. The summed E-state index contributed by atoms with van der Waals surface area (Å²) >= 11 is 7.68. The minimum atomic E-state index is -0.122. The van der Waals surface area contributed by atoms with E-state index in [0.29, 0.717) is 11.4 Å². The Kier molecular flexibility index (Phi) is 4.73. The van der Waals surface area contributed by atoms with Crippen molar-refractivity contribution in [1.29, 1.82) is 0 Å². The van der Waals surface area contributed by atoms with Gasteiger partial charge in [-0.2, -0.15) is 0 Å². The first-order valence-electron chi connectivity index (χ1n) is 8.90. The molecule has 0 saturated heterocycles. The highest BCUT2D eigenvalue weighted by molar-refractivity contribution is 7.99. The average Bonchev–Trinajstić information content (AvgIpc) is 2.61. The van der Waals surface area contributed by atoms with E-state index in [2.05, 4.69) is 13.8 Å². The van der Waals surface area contributed by atoms with Gasteiger partial charge in [0.2, 0.25) is 0 Å². The molecule has 2 aliphatic rings. The standard InChI is InChI=1S/C22H21ClO3S/c1-22(2)11-17(24)20-19(12-22)26-18-9-6-14(25-3)10-16(18)21(20)27-15-7-4-13(23)5-8-15/h4-10,21H,11-12H2,1-3H3. The monoisotopic (exact) mass is 400 g/mol. The highest BCUT2D eigenvalue weighted by Crippen LogP contribution is 2.53. The van der Waals surface area contributed by atoms with Crippen molar-refractivity contribution in [2.45, 2.75) is 36.8 Å². The zero-order chi connectivity index (χ0) is 19.2. The molecule has 140 valence electrons. The quantitative estimate of drug-likeness (QED) is 0.612.